The molecule has 0 saturated carbocycles. The number of benzene rings is 2. The van der Waals surface area contributed by atoms with E-state index in [1.54, 1.807) is 29.2 Å². The van der Waals surface area contributed by atoms with Crippen LogP contribution in [0.3, 0.4) is 0 Å². The number of nitriles is 1. The molecule has 1 aromatic heterocycles. The Labute approximate surface area is 246 Å². The van der Waals surface area contributed by atoms with Crippen LogP contribution >= 0.6 is 0 Å². The number of anilines is 1. The zero-order valence-corrected chi connectivity index (χ0v) is 24.2. The smallest absolute Gasteiger partial charge is 0.263 e. The van der Waals surface area contributed by atoms with Gasteiger partial charge in [0.1, 0.15) is 5.75 Å². The van der Waals surface area contributed by atoms with E-state index in [0.717, 1.165) is 81.3 Å². The number of amides is 1. The number of hydroxylamine groups is 1. The predicted octanol–water partition coefficient (Wildman–Crippen LogP) is 4.53. The van der Waals surface area contributed by atoms with E-state index in [1.807, 2.05) is 36.4 Å². The lowest BCUT2D eigenvalue weighted by Crippen LogP contribution is -2.42. The van der Waals surface area contributed by atoms with Gasteiger partial charge in [0, 0.05) is 38.2 Å². The average Bonchev–Trinajstić information content (AvgIpc) is 3.02. The van der Waals surface area contributed by atoms with E-state index in [2.05, 4.69) is 11.0 Å². The van der Waals surface area contributed by atoms with E-state index in [1.165, 1.54) is 0 Å². The van der Waals surface area contributed by atoms with Gasteiger partial charge in [-0.05, 0) is 55.5 Å². The first-order valence-electron chi connectivity index (χ1n) is 14.7. The highest BCUT2D eigenvalue weighted by molar-refractivity contribution is 5.81. The van der Waals surface area contributed by atoms with Crippen molar-refractivity contribution in [3.8, 4) is 34.2 Å². The maximum absolute atomic E-state index is 13.8. The third-order valence-corrected chi connectivity index (χ3v) is 7.71. The van der Waals surface area contributed by atoms with Crippen molar-refractivity contribution in [3.63, 3.8) is 0 Å². The number of nitrogens with zero attached hydrogens (tertiary/aromatic N) is 4. The fraction of sp³-hybridized carbons (Fsp3) is 0.438. The van der Waals surface area contributed by atoms with Crippen molar-refractivity contribution in [1.82, 2.24) is 15.0 Å². The van der Waals surface area contributed by atoms with E-state index in [-0.39, 0.29) is 17.5 Å². The summed E-state index contributed by atoms with van der Waals surface area (Å²) in [5.41, 5.74) is 10.8. The molecule has 4 N–H and O–H groups in total. The van der Waals surface area contributed by atoms with Gasteiger partial charge in [-0.3, -0.25) is 19.4 Å². The average molecular weight is 573 g/mol. The summed E-state index contributed by atoms with van der Waals surface area (Å²) >= 11 is 0. The SMILES string of the molecule is Cn1c(N2CCC(N)CC2)nc(-c2ccc(C#N)cc2)c(-c2ccc(OCCCCCCCCC(=O)NO)cc2)c1=O. The summed E-state index contributed by atoms with van der Waals surface area (Å²) < 4.78 is 7.56. The molecule has 42 heavy (non-hydrogen) atoms. The molecular weight excluding hydrogens is 532 g/mol. The summed E-state index contributed by atoms with van der Waals surface area (Å²) in [4.78, 5) is 32.0. The molecule has 0 aliphatic carbocycles. The summed E-state index contributed by atoms with van der Waals surface area (Å²) in [5.74, 6) is 1.02. The van der Waals surface area contributed by atoms with Crippen LogP contribution in [0.4, 0.5) is 5.95 Å². The van der Waals surface area contributed by atoms with Crippen molar-refractivity contribution < 1.29 is 14.7 Å². The normalized spacial score (nSPS) is 13.5. The molecule has 10 nitrogen and oxygen atoms in total. The number of carbonyl (C=O) groups is 1. The minimum atomic E-state index is -0.336. The molecule has 1 amide bonds. The second kappa shape index (κ2) is 15.1. The first-order valence-corrected chi connectivity index (χ1v) is 14.7. The third kappa shape index (κ3) is 7.96. The van der Waals surface area contributed by atoms with Gasteiger partial charge < -0.3 is 15.4 Å². The van der Waals surface area contributed by atoms with Gasteiger partial charge in [0.05, 0.1) is 29.5 Å². The number of unbranched alkanes of at least 4 members (excludes halogenated alkanes) is 5. The molecule has 0 radical (unpaired) electrons. The van der Waals surface area contributed by atoms with Gasteiger partial charge in [-0.15, -0.1) is 0 Å². The van der Waals surface area contributed by atoms with Crippen LogP contribution in [-0.4, -0.2) is 46.4 Å². The van der Waals surface area contributed by atoms with Gasteiger partial charge in [0.15, 0.2) is 0 Å². The first kappa shape index (κ1) is 30.8. The number of carbonyl (C=O) groups excluding carboxylic acids is 1. The molecular formula is C32H40N6O4. The molecule has 4 rings (SSSR count). The number of hydrogen-bond donors (Lipinski definition) is 3. The molecule has 0 atom stereocenters. The molecule has 3 aromatic rings. The minimum absolute atomic E-state index is 0.139. The maximum Gasteiger partial charge on any atom is 0.263 e. The lowest BCUT2D eigenvalue weighted by molar-refractivity contribution is -0.129. The van der Waals surface area contributed by atoms with Crippen molar-refractivity contribution in [2.75, 3.05) is 24.6 Å². The topological polar surface area (TPSA) is 146 Å². The van der Waals surface area contributed by atoms with E-state index in [9.17, 15) is 14.9 Å². The Morgan fingerprint density at radius 2 is 1.64 bits per heavy atom. The van der Waals surface area contributed by atoms with Crippen molar-refractivity contribution in [1.29, 1.82) is 5.26 Å². The maximum atomic E-state index is 13.8. The van der Waals surface area contributed by atoms with E-state index in [0.29, 0.717) is 35.8 Å². The Bertz CT molecular complexity index is 1420. The van der Waals surface area contributed by atoms with Crippen molar-refractivity contribution in [2.24, 2.45) is 12.8 Å². The molecule has 222 valence electrons. The number of nitrogens with two attached hydrogens (primary N) is 1. The number of rotatable bonds is 13. The van der Waals surface area contributed by atoms with Crippen molar-refractivity contribution >= 4 is 11.9 Å². The molecule has 2 aromatic carbocycles. The molecule has 10 heteroatoms. The molecule has 2 heterocycles. The van der Waals surface area contributed by atoms with Gasteiger partial charge >= 0.3 is 0 Å². The van der Waals surface area contributed by atoms with Gasteiger partial charge in [0.2, 0.25) is 11.9 Å². The third-order valence-electron chi connectivity index (χ3n) is 7.71. The second-order valence-corrected chi connectivity index (χ2v) is 10.8. The first-order chi connectivity index (χ1) is 20.4. The molecule has 0 spiro atoms. The fourth-order valence-electron chi connectivity index (χ4n) is 5.20. The fourth-order valence-corrected chi connectivity index (χ4v) is 5.20. The summed E-state index contributed by atoms with van der Waals surface area (Å²) in [6.45, 7) is 2.08. The Hall–Kier alpha value is -4.20. The zero-order valence-electron chi connectivity index (χ0n) is 24.2. The second-order valence-electron chi connectivity index (χ2n) is 10.8. The summed E-state index contributed by atoms with van der Waals surface area (Å²) in [5, 5.41) is 17.8. The molecule has 0 unspecified atom stereocenters. The minimum Gasteiger partial charge on any atom is -0.494 e. The monoisotopic (exact) mass is 572 g/mol. The molecule has 1 saturated heterocycles. The highest BCUT2D eigenvalue weighted by Crippen LogP contribution is 2.31. The Balaban J connectivity index is 1.46. The van der Waals surface area contributed by atoms with Gasteiger partial charge in [-0.2, -0.15) is 5.26 Å². The van der Waals surface area contributed by atoms with Crippen LogP contribution in [0.15, 0.2) is 53.3 Å². The largest absolute Gasteiger partial charge is 0.494 e. The van der Waals surface area contributed by atoms with Crippen LogP contribution in [0.1, 0.15) is 63.4 Å². The van der Waals surface area contributed by atoms with E-state index < -0.39 is 0 Å². The Kier molecular flexibility index (Phi) is 11.1. The van der Waals surface area contributed by atoms with Crippen LogP contribution in [0.5, 0.6) is 5.75 Å². The van der Waals surface area contributed by atoms with Gasteiger partial charge in [-0.25, -0.2) is 10.5 Å². The van der Waals surface area contributed by atoms with Crippen molar-refractivity contribution in [3.05, 3.63) is 64.4 Å². The van der Waals surface area contributed by atoms with Crippen LogP contribution in [0.25, 0.3) is 22.4 Å². The molecule has 1 aliphatic rings. The lowest BCUT2D eigenvalue weighted by atomic mass is 9.99. The number of nitrogens with one attached hydrogen (secondary N) is 1. The van der Waals surface area contributed by atoms with E-state index >= 15 is 0 Å². The van der Waals surface area contributed by atoms with Crippen LogP contribution in [-0.2, 0) is 11.8 Å². The standard InChI is InChI=1S/C32H40N6O4/c1-37-31(40)29(24-13-15-27(16-14-24)42-21-7-5-3-2-4-6-8-28(39)36-41)30(25-11-9-23(22-33)10-12-25)35-32(37)38-19-17-26(34)18-20-38/h9-16,26,41H,2-8,17-21,34H2,1H3,(H,36,39). The Morgan fingerprint density at radius 3 is 2.29 bits per heavy atom. The van der Waals surface area contributed by atoms with E-state index in [4.69, 9.17) is 20.7 Å². The summed E-state index contributed by atoms with van der Waals surface area (Å²) in [6, 6.07) is 17.0. The number of hydrogen-bond acceptors (Lipinski definition) is 8. The van der Waals surface area contributed by atoms with Gasteiger partial charge in [0.25, 0.3) is 5.56 Å². The zero-order chi connectivity index (χ0) is 29.9. The predicted molar refractivity (Wildman–Crippen MR) is 162 cm³/mol. The van der Waals surface area contributed by atoms with Crippen LogP contribution in [0, 0.1) is 11.3 Å². The highest BCUT2D eigenvalue weighted by Gasteiger charge is 2.24. The molecule has 1 aliphatic heterocycles. The number of piperidine rings is 1. The summed E-state index contributed by atoms with van der Waals surface area (Å²) in [6.07, 6.45) is 7.85. The van der Waals surface area contributed by atoms with Crippen LogP contribution in [0.2, 0.25) is 0 Å². The number of aromatic nitrogens is 2. The summed E-state index contributed by atoms with van der Waals surface area (Å²) in [7, 11) is 1.76. The van der Waals surface area contributed by atoms with Gasteiger partial charge in [-0.1, -0.05) is 49.9 Å². The number of ether oxygens (including phenoxy) is 1. The van der Waals surface area contributed by atoms with Crippen molar-refractivity contribution in [2.45, 2.75) is 63.8 Å². The van der Waals surface area contributed by atoms with Crippen LogP contribution < -0.4 is 26.4 Å². The quantitative estimate of drug-likeness (QED) is 0.154. The molecule has 1 fully saturated rings. The Morgan fingerprint density at radius 1 is 1.02 bits per heavy atom. The molecule has 0 bridgehead atoms. The highest BCUT2D eigenvalue weighted by atomic mass is 16.5. The lowest BCUT2D eigenvalue weighted by Gasteiger charge is -2.32.